The van der Waals surface area contributed by atoms with E-state index in [2.05, 4.69) is 0 Å². The molecule has 0 saturated heterocycles. The predicted octanol–water partition coefficient (Wildman–Crippen LogP) is 1.27. The summed E-state index contributed by atoms with van der Waals surface area (Å²) >= 11 is 0. The first-order valence-electron chi connectivity index (χ1n) is 3.52. The summed E-state index contributed by atoms with van der Waals surface area (Å²) in [6.45, 7) is 0.685. The Morgan fingerprint density at radius 3 is 2.55 bits per heavy atom. The highest BCUT2D eigenvalue weighted by Crippen LogP contribution is 1.99. The lowest BCUT2D eigenvalue weighted by Gasteiger charge is -2.09. The Morgan fingerprint density at radius 1 is 1.36 bits per heavy atom. The molecule has 0 aliphatic rings. The first-order valence-corrected chi connectivity index (χ1v) is 3.52. The minimum absolute atomic E-state index is 0.685. The van der Waals surface area contributed by atoms with Crippen LogP contribution < -0.4 is 0 Å². The third kappa shape index (κ3) is 2.42. The highest BCUT2D eigenvalue weighted by Gasteiger charge is 1.93. The lowest BCUT2D eigenvalue weighted by atomic mass is 10.2. The molecule has 2 heteroatoms. The Morgan fingerprint density at radius 2 is 2.00 bits per heavy atom. The van der Waals surface area contributed by atoms with E-state index in [1.807, 2.05) is 30.3 Å². The number of rotatable bonds is 3. The number of carbonyl (C=O) groups excluding carboxylic acids is 1. The van der Waals surface area contributed by atoms with E-state index in [0.29, 0.717) is 6.54 Å². The largest absolute Gasteiger partial charge is 0.344 e. The van der Waals surface area contributed by atoms with Gasteiger partial charge in [0.25, 0.3) is 0 Å². The fourth-order valence-corrected chi connectivity index (χ4v) is 0.909. The van der Waals surface area contributed by atoms with E-state index < -0.39 is 0 Å². The maximum absolute atomic E-state index is 10.2. The molecule has 0 saturated carbocycles. The fraction of sp³-hybridized carbons (Fsp3) is 0.222. The number of amides is 1. The summed E-state index contributed by atoms with van der Waals surface area (Å²) in [5.41, 5.74) is 1.15. The molecular formula is C9H11NO. The molecule has 0 aliphatic heterocycles. The van der Waals surface area contributed by atoms with Crippen LogP contribution in [0.25, 0.3) is 0 Å². The summed E-state index contributed by atoms with van der Waals surface area (Å²) in [5.74, 6) is 0. The molecule has 0 spiro atoms. The second kappa shape index (κ2) is 3.76. The second-order valence-electron chi connectivity index (χ2n) is 2.51. The van der Waals surface area contributed by atoms with Crippen LogP contribution in [0.1, 0.15) is 5.56 Å². The Balaban J connectivity index is 2.57. The third-order valence-corrected chi connectivity index (χ3v) is 1.45. The fourth-order valence-electron chi connectivity index (χ4n) is 0.909. The maximum atomic E-state index is 10.2. The van der Waals surface area contributed by atoms with E-state index in [0.717, 1.165) is 12.0 Å². The lowest BCUT2D eigenvalue weighted by Crippen LogP contribution is -2.14. The molecule has 58 valence electrons. The summed E-state index contributed by atoms with van der Waals surface area (Å²) in [6.07, 6.45) is 0.826. The van der Waals surface area contributed by atoms with Crippen LogP contribution in [-0.2, 0) is 11.3 Å². The summed E-state index contributed by atoms with van der Waals surface area (Å²) in [7, 11) is 1.76. The molecule has 0 radical (unpaired) electrons. The van der Waals surface area contributed by atoms with E-state index in [1.165, 1.54) is 0 Å². The maximum Gasteiger partial charge on any atom is 0.209 e. The minimum Gasteiger partial charge on any atom is -0.344 e. The first kappa shape index (κ1) is 7.79. The smallest absolute Gasteiger partial charge is 0.209 e. The number of benzene rings is 1. The molecular weight excluding hydrogens is 138 g/mol. The van der Waals surface area contributed by atoms with Gasteiger partial charge in [-0.05, 0) is 5.56 Å². The zero-order chi connectivity index (χ0) is 8.10. The van der Waals surface area contributed by atoms with Crippen molar-refractivity contribution >= 4 is 6.41 Å². The molecule has 0 N–H and O–H groups in total. The molecule has 1 rings (SSSR count). The number of nitrogens with zero attached hydrogens (tertiary/aromatic N) is 1. The topological polar surface area (TPSA) is 20.3 Å². The molecule has 1 amide bonds. The van der Waals surface area contributed by atoms with Gasteiger partial charge in [-0.2, -0.15) is 0 Å². The third-order valence-electron chi connectivity index (χ3n) is 1.45. The Kier molecular flexibility index (Phi) is 2.66. The van der Waals surface area contributed by atoms with Gasteiger partial charge in [0, 0.05) is 13.6 Å². The molecule has 2 nitrogen and oxygen atoms in total. The molecule has 1 aromatic carbocycles. The van der Waals surface area contributed by atoms with Gasteiger partial charge in [0.05, 0.1) is 0 Å². The predicted molar refractivity (Wildman–Crippen MR) is 44.0 cm³/mol. The average Bonchev–Trinajstić information content (AvgIpc) is 2.06. The lowest BCUT2D eigenvalue weighted by molar-refractivity contribution is -0.117. The van der Waals surface area contributed by atoms with Crippen molar-refractivity contribution < 1.29 is 4.79 Å². The average molecular weight is 149 g/mol. The zero-order valence-electron chi connectivity index (χ0n) is 6.53. The highest BCUT2D eigenvalue weighted by molar-refractivity contribution is 5.46. The van der Waals surface area contributed by atoms with Crippen LogP contribution in [0.2, 0.25) is 0 Å². The van der Waals surface area contributed by atoms with Gasteiger partial charge >= 0.3 is 0 Å². The van der Waals surface area contributed by atoms with Crippen LogP contribution in [0.3, 0.4) is 0 Å². The molecule has 0 bridgehead atoms. The van der Waals surface area contributed by atoms with E-state index in [4.69, 9.17) is 0 Å². The van der Waals surface area contributed by atoms with Crippen molar-refractivity contribution in [3.05, 3.63) is 35.9 Å². The zero-order valence-corrected chi connectivity index (χ0v) is 6.53. The molecule has 0 heterocycles. The molecule has 0 unspecified atom stereocenters. The summed E-state index contributed by atoms with van der Waals surface area (Å²) < 4.78 is 0. The molecule has 0 aromatic heterocycles. The van der Waals surface area contributed by atoms with Crippen molar-refractivity contribution in [2.75, 3.05) is 7.05 Å². The minimum atomic E-state index is 0.685. The van der Waals surface area contributed by atoms with Gasteiger partial charge in [-0.15, -0.1) is 0 Å². The van der Waals surface area contributed by atoms with Crippen molar-refractivity contribution in [3.63, 3.8) is 0 Å². The van der Waals surface area contributed by atoms with E-state index in [1.54, 1.807) is 11.9 Å². The summed E-state index contributed by atoms with van der Waals surface area (Å²) in [4.78, 5) is 11.8. The summed E-state index contributed by atoms with van der Waals surface area (Å²) in [5, 5.41) is 0. The van der Waals surface area contributed by atoms with Gasteiger partial charge in [0.15, 0.2) is 0 Å². The van der Waals surface area contributed by atoms with Gasteiger partial charge in [0.2, 0.25) is 6.41 Å². The molecule has 0 fully saturated rings. The van der Waals surface area contributed by atoms with E-state index in [9.17, 15) is 4.79 Å². The van der Waals surface area contributed by atoms with E-state index in [-0.39, 0.29) is 0 Å². The number of hydrogen-bond acceptors (Lipinski definition) is 1. The van der Waals surface area contributed by atoms with Crippen LogP contribution in [0.4, 0.5) is 0 Å². The van der Waals surface area contributed by atoms with Crippen molar-refractivity contribution in [1.29, 1.82) is 0 Å². The van der Waals surface area contributed by atoms with Gasteiger partial charge < -0.3 is 4.90 Å². The first-order chi connectivity index (χ1) is 5.33. The van der Waals surface area contributed by atoms with Gasteiger partial charge in [-0.1, -0.05) is 30.3 Å². The number of hydrogen-bond donors (Lipinski definition) is 0. The van der Waals surface area contributed by atoms with Crippen molar-refractivity contribution in [3.8, 4) is 0 Å². The van der Waals surface area contributed by atoms with Crippen LogP contribution in [0.5, 0.6) is 0 Å². The van der Waals surface area contributed by atoms with Gasteiger partial charge in [-0.25, -0.2) is 0 Å². The Hall–Kier alpha value is -1.31. The van der Waals surface area contributed by atoms with E-state index >= 15 is 0 Å². The molecule has 1 aromatic rings. The quantitative estimate of drug-likeness (QED) is 0.593. The Labute approximate surface area is 66.4 Å². The van der Waals surface area contributed by atoms with Gasteiger partial charge in [-0.3, -0.25) is 4.79 Å². The summed E-state index contributed by atoms with van der Waals surface area (Å²) in [6, 6.07) is 9.90. The standard InChI is InChI=1S/C9H11NO/c1-10(8-11)7-9-5-3-2-4-6-9/h2-6,8H,7H2,1H3. The monoisotopic (exact) mass is 149 g/mol. The van der Waals surface area contributed by atoms with Gasteiger partial charge in [0.1, 0.15) is 0 Å². The second-order valence-corrected chi connectivity index (χ2v) is 2.51. The van der Waals surface area contributed by atoms with Crippen molar-refractivity contribution in [1.82, 2.24) is 4.90 Å². The van der Waals surface area contributed by atoms with Crippen molar-refractivity contribution in [2.45, 2.75) is 6.54 Å². The van der Waals surface area contributed by atoms with Crippen LogP contribution in [0, 0.1) is 0 Å². The highest BCUT2D eigenvalue weighted by atomic mass is 16.1. The molecule has 0 atom stereocenters. The van der Waals surface area contributed by atoms with Crippen LogP contribution in [-0.4, -0.2) is 18.4 Å². The normalized spacial score (nSPS) is 9.18. The van der Waals surface area contributed by atoms with Crippen LogP contribution in [0.15, 0.2) is 30.3 Å². The SMILES string of the molecule is CN(C=O)Cc1ccccc1. The Bertz CT molecular complexity index is 220. The van der Waals surface area contributed by atoms with Crippen molar-refractivity contribution in [2.24, 2.45) is 0 Å². The number of carbonyl (C=O) groups is 1. The van der Waals surface area contributed by atoms with Crippen LogP contribution >= 0.6 is 0 Å². The molecule has 0 aliphatic carbocycles. The molecule has 11 heavy (non-hydrogen) atoms.